The molecule has 2 rings (SSSR count). The highest BCUT2D eigenvalue weighted by atomic mass is 32.1. The Kier molecular flexibility index (Phi) is 5.55. The van der Waals surface area contributed by atoms with Crippen LogP contribution in [0.2, 0.25) is 0 Å². The summed E-state index contributed by atoms with van der Waals surface area (Å²) in [4.78, 5) is 27.9. The van der Waals surface area contributed by atoms with Gasteiger partial charge in [0.1, 0.15) is 10.4 Å². The van der Waals surface area contributed by atoms with E-state index in [2.05, 4.69) is 17.6 Å². The molecule has 5 nitrogen and oxygen atoms in total. The Balaban J connectivity index is 2.48. The molecule has 0 bridgehead atoms. The summed E-state index contributed by atoms with van der Waals surface area (Å²) in [5.74, 6) is -1.06. The van der Waals surface area contributed by atoms with Crippen molar-refractivity contribution in [2.45, 2.75) is 25.2 Å². The van der Waals surface area contributed by atoms with E-state index >= 15 is 0 Å². The highest BCUT2D eigenvalue weighted by Gasteiger charge is 2.43. The minimum Gasteiger partial charge on any atom is -0.481 e. The Bertz CT molecular complexity index is 652. The lowest BCUT2D eigenvalue weighted by molar-refractivity contribution is -0.140. The third-order valence-electron chi connectivity index (χ3n) is 3.44. The first kappa shape index (κ1) is 16.9. The number of thiazole rings is 1. The fourth-order valence-electron chi connectivity index (χ4n) is 2.27. The number of carboxylic acids is 1. The molecule has 0 saturated carbocycles. The molecule has 2 aromatic rings. The summed E-state index contributed by atoms with van der Waals surface area (Å²) in [5, 5.41) is 9.23. The highest BCUT2D eigenvalue weighted by molar-refractivity contribution is 7.96. The first-order valence-corrected chi connectivity index (χ1v) is 8.15. The number of aromatic nitrogens is 1. The van der Waals surface area contributed by atoms with Crippen molar-refractivity contribution in [2.75, 3.05) is 13.2 Å². The van der Waals surface area contributed by atoms with E-state index in [4.69, 9.17) is 4.74 Å². The summed E-state index contributed by atoms with van der Waals surface area (Å²) >= 11 is 5.29. The van der Waals surface area contributed by atoms with Gasteiger partial charge < -0.3 is 9.84 Å². The number of rotatable bonds is 8. The molecule has 0 radical (unpaired) electrons. The second-order valence-electron chi connectivity index (χ2n) is 4.89. The molecule has 1 heterocycles. The molecule has 0 spiro atoms. The Morgan fingerprint density at radius 3 is 2.73 bits per heavy atom. The van der Waals surface area contributed by atoms with Gasteiger partial charge in [0.05, 0.1) is 16.6 Å². The van der Waals surface area contributed by atoms with Gasteiger partial charge in [-0.15, -0.1) is 24.0 Å². The van der Waals surface area contributed by atoms with Crippen molar-refractivity contribution in [3.05, 3.63) is 29.3 Å². The number of aliphatic carboxylic acids is 1. The van der Waals surface area contributed by atoms with Crippen molar-refractivity contribution in [3.63, 3.8) is 0 Å². The number of hydrogen-bond donors (Lipinski definition) is 2. The molecule has 1 aromatic heterocycles. The number of fused-ring (bicyclic) bond motifs is 1. The third-order valence-corrected chi connectivity index (χ3v) is 5.11. The number of carbonyl (C=O) groups is 2. The first-order chi connectivity index (χ1) is 10.5. The number of thiol groups is 1. The summed E-state index contributed by atoms with van der Waals surface area (Å²) in [6.45, 7) is 2.63. The van der Waals surface area contributed by atoms with Gasteiger partial charge in [-0.1, -0.05) is 12.1 Å². The van der Waals surface area contributed by atoms with Gasteiger partial charge in [-0.25, -0.2) is 4.98 Å². The lowest BCUT2D eigenvalue weighted by Crippen LogP contribution is -2.37. The smallest absolute Gasteiger partial charge is 0.304 e. The van der Waals surface area contributed by atoms with E-state index in [0.717, 1.165) is 10.2 Å². The number of nitrogens with zero attached hydrogens (tertiary/aromatic N) is 1. The molecular weight excluding hydrogens is 322 g/mol. The van der Waals surface area contributed by atoms with Crippen LogP contribution in [0, 0.1) is 0 Å². The molecule has 118 valence electrons. The molecule has 1 unspecified atom stereocenters. The third kappa shape index (κ3) is 3.48. The lowest BCUT2D eigenvalue weighted by Gasteiger charge is -2.26. The Hall–Kier alpha value is -1.44. The molecule has 0 aliphatic carbocycles. The van der Waals surface area contributed by atoms with Crippen LogP contribution in [0.25, 0.3) is 10.2 Å². The van der Waals surface area contributed by atoms with E-state index in [1.165, 1.54) is 11.3 Å². The van der Waals surface area contributed by atoms with Crippen LogP contribution < -0.4 is 0 Å². The maximum Gasteiger partial charge on any atom is 0.304 e. The highest BCUT2D eigenvalue weighted by Crippen LogP contribution is 2.39. The molecule has 0 aliphatic rings. The lowest BCUT2D eigenvalue weighted by atomic mass is 9.83. The van der Waals surface area contributed by atoms with Gasteiger partial charge in [0.25, 0.3) is 0 Å². The van der Waals surface area contributed by atoms with Crippen molar-refractivity contribution in [2.24, 2.45) is 0 Å². The number of ether oxygens (including phenoxy) is 1. The van der Waals surface area contributed by atoms with E-state index in [0.29, 0.717) is 11.6 Å². The van der Waals surface area contributed by atoms with Crippen LogP contribution in [0.5, 0.6) is 0 Å². The molecule has 1 atom stereocenters. The number of para-hydroxylation sites is 1. The van der Waals surface area contributed by atoms with Gasteiger partial charge in [-0.2, -0.15) is 0 Å². The number of benzene rings is 1. The van der Waals surface area contributed by atoms with E-state index in [9.17, 15) is 14.7 Å². The zero-order valence-corrected chi connectivity index (χ0v) is 13.8. The summed E-state index contributed by atoms with van der Waals surface area (Å²) in [6, 6.07) is 7.47. The van der Waals surface area contributed by atoms with Gasteiger partial charge in [-0.05, 0) is 25.5 Å². The number of hydrogen-bond acceptors (Lipinski definition) is 5. The molecule has 0 fully saturated rings. The molecule has 1 aromatic carbocycles. The largest absolute Gasteiger partial charge is 0.481 e. The Labute approximate surface area is 137 Å². The van der Waals surface area contributed by atoms with Gasteiger partial charge >= 0.3 is 5.97 Å². The fourth-order valence-corrected chi connectivity index (χ4v) is 3.82. The van der Waals surface area contributed by atoms with E-state index in [-0.39, 0.29) is 19.4 Å². The van der Waals surface area contributed by atoms with Crippen LogP contribution in [0.15, 0.2) is 24.3 Å². The van der Waals surface area contributed by atoms with Crippen LogP contribution in [-0.4, -0.2) is 34.4 Å². The van der Waals surface area contributed by atoms with Crippen molar-refractivity contribution < 1.29 is 19.4 Å². The van der Waals surface area contributed by atoms with Crippen molar-refractivity contribution in [1.29, 1.82) is 0 Å². The van der Waals surface area contributed by atoms with Gasteiger partial charge in [0, 0.05) is 13.2 Å². The second kappa shape index (κ2) is 7.21. The van der Waals surface area contributed by atoms with Crippen LogP contribution >= 0.6 is 24.0 Å². The van der Waals surface area contributed by atoms with Crippen molar-refractivity contribution in [1.82, 2.24) is 4.98 Å². The standard InChI is InChI=1S/C15H17NO4S2/c1-2-20-8-7-15(14(19)21,9-12(17)18)13-16-10-5-3-4-6-11(10)22-13/h3-6H,2,7-9H2,1H3,(H,17,18)(H,19,21). The van der Waals surface area contributed by atoms with Crippen LogP contribution in [-0.2, 0) is 19.7 Å². The SMILES string of the molecule is CCOCCC(CC(=O)O)(C(=O)S)c1nc2ccccc2s1. The van der Waals surface area contributed by atoms with Crippen molar-refractivity contribution in [3.8, 4) is 0 Å². The maximum atomic E-state index is 12.2. The molecule has 0 saturated heterocycles. The molecule has 22 heavy (non-hydrogen) atoms. The average Bonchev–Trinajstić information content (AvgIpc) is 2.89. The van der Waals surface area contributed by atoms with E-state index in [1.807, 2.05) is 31.2 Å². The monoisotopic (exact) mass is 339 g/mol. The fraction of sp³-hybridized carbons (Fsp3) is 0.400. The molecular formula is C15H17NO4S2. The minimum atomic E-state index is -1.26. The van der Waals surface area contributed by atoms with E-state index < -0.39 is 16.5 Å². The molecule has 0 amide bonds. The van der Waals surface area contributed by atoms with Gasteiger partial charge in [-0.3, -0.25) is 9.59 Å². The minimum absolute atomic E-state index is 0.245. The van der Waals surface area contributed by atoms with Crippen LogP contribution in [0.3, 0.4) is 0 Å². The van der Waals surface area contributed by atoms with Gasteiger partial charge in [0.15, 0.2) is 5.12 Å². The van der Waals surface area contributed by atoms with Crippen LogP contribution in [0.4, 0.5) is 0 Å². The van der Waals surface area contributed by atoms with Gasteiger partial charge in [0.2, 0.25) is 0 Å². The quantitative estimate of drug-likeness (QED) is 0.571. The predicted octanol–water partition coefficient (Wildman–Crippen LogP) is 2.89. The summed E-state index contributed by atoms with van der Waals surface area (Å²) < 4.78 is 6.23. The zero-order valence-electron chi connectivity index (χ0n) is 12.1. The Morgan fingerprint density at radius 1 is 1.41 bits per heavy atom. The van der Waals surface area contributed by atoms with E-state index in [1.54, 1.807) is 0 Å². The maximum absolute atomic E-state index is 12.2. The summed E-state index contributed by atoms with van der Waals surface area (Å²) in [6.07, 6.45) is -0.0997. The Morgan fingerprint density at radius 2 is 2.14 bits per heavy atom. The molecule has 0 aliphatic heterocycles. The first-order valence-electron chi connectivity index (χ1n) is 6.88. The number of carbonyl (C=O) groups excluding carboxylic acids is 1. The zero-order chi connectivity index (χ0) is 16.2. The summed E-state index contributed by atoms with van der Waals surface area (Å²) in [5.41, 5.74) is -0.503. The number of carboxylic acid groups (broad SMARTS) is 1. The molecule has 1 N–H and O–H groups in total. The normalized spacial score (nSPS) is 13.9. The van der Waals surface area contributed by atoms with Crippen LogP contribution in [0.1, 0.15) is 24.8 Å². The predicted molar refractivity (Wildman–Crippen MR) is 88.7 cm³/mol. The topological polar surface area (TPSA) is 76.5 Å². The average molecular weight is 339 g/mol. The molecule has 7 heteroatoms. The second-order valence-corrected chi connectivity index (χ2v) is 6.33. The summed E-state index contributed by atoms with van der Waals surface area (Å²) in [7, 11) is 0. The van der Waals surface area contributed by atoms with Crippen molar-refractivity contribution >= 4 is 45.3 Å².